The van der Waals surface area contributed by atoms with E-state index >= 15 is 0 Å². The van der Waals surface area contributed by atoms with Gasteiger partial charge in [0.05, 0.1) is 22.8 Å². The lowest BCUT2D eigenvalue weighted by Gasteiger charge is -2.36. The van der Waals surface area contributed by atoms with Gasteiger partial charge >= 0.3 is 0 Å². The van der Waals surface area contributed by atoms with Crippen LogP contribution < -0.4 is 0 Å². The summed E-state index contributed by atoms with van der Waals surface area (Å²) in [5.74, 6) is 0.610. The van der Waals surface area contributed by atoms with Gasteiger partial charge in [-0.1, -0.05) is 218 Å². The van der Waals surface area contributed by atoms with E-state index in [0.717, 1.165) is 47.0 Å². The van der Waals surface area contributed by atoms with E-state index in [0.29, 0.717) is 5.92 Å². The van der Waals surface area contributed by atoms with Crippen LogP contribution in [0.15, 0.2) is 266 Å². The molecule has 0 N–H and O–H groups in total. The van der Waals surface area contributed by atoms with Crippen molar-refractivity contribution in [1.29, 1.82) is 0 Å². The van der Waals surface area contributed by atoms with E-state index in [4.69, 9.17) is 0 Å². The van der Waals surface area contributed by atoms with Gasteiger partial charge in [0, 0.05) is 23.2 Å². The van der Waals surface area contributed by atoms with Gasteiger partial charge in [0.1, 0.15) is 0 Å². The highest BCUT2D eigenvalue weighted by Crippen LogP contribution is 2.52. The fraction of sp³-hybridized carbons (Fsp3) is 0.0513. The summed E-state index contributed by atoms with van der Waals surface area (Å²) in [7, 11) is 0. The Bertz CT molecular complexity index is 4670. The summed E-state index contributed by atoms with van der Waals surface area (Å²) in [4.78, 5) is 0. The molecule has 0 saturated carbocycles. The Balaban J connectivity index is 1.00. The lowest BCUT2D eigenvalue weighted by molar-refractivity contribution is 0.665. The van der Waals surface area contributed by atoms with E-state index in [9.17, 15) is 0 Å². The zero-order chi connectivity index (χ0) is 52.4. The van der Waals surface area contributed by atoms with Gasteiger partial charge in [-0.3, -0.25) is 0 Å². The van der Waals surface area contributed by atoms with Crippen molar-refractivity contribution in [2.45, 2.75) is 18.8 Å². The van der Waals surface area contributed by atoms with Gasteiger partial charge in [0.15, 0.2) is 0 Å². The molecule has 2 unspecified atom stereocenters. The molecule has 0 saturated heterocycles. The highest BCUT2D eigenvalue weighted by Gasteiger charge is 2.34. The number of fused-ring (bicyclic) bond motifs is 2. The molecule has 374 valence electrons. The Kier molecular flexibility index (Phi) is 10.00. The molecule has 0 amide bonds. The minimum atomic E-state index is 0.285. The first-order valence-corrected chi connectivity index (χ1v) is 28.3. The number of nitrogens with zero attached hydrogens (tertiary/aromatic N) is 2. The first kappa shape index (κ1) is 45.0. The van der Waals surface area contributed by atoms with Crippen molar-refractivity contribution in [3.05, 3.63) is 300 Å². The summed E-state index contributed by atoms with van der Waals surface area (Å²) in [6.07, 6.45) is 25.5. The van der Waals surface area contributed by atoms with Crippen LogP contribution in [0.4, 0.5) is 0 Å². The molecule has 2 atom stereocenters. The zero-order valence-corrected chi connectivity index (χ0v) is 44.0. The normalized spacial score (nSPS) is 16.1. The van der Waals surface area contributed by atoms with Gasteiger partial charge in [-0.05, 0) is 195 Å². The second-order valence-electron chi connectivity index (χ2n) is 22.2. The van der Waals surface area contributed by atoms with Gasteiger partial charge in [-0.2, -0.15) is 0 Å². The first-order valence-electron chi connectivity index (χ1n) is 28.3. The van der Waals surface area contributed by atoms with Crippen molar-refractivity contribution in [2.24, 2.45) is 5.92 Å². The number of rotatable bonds is 8. The lowest BCUT2D eigenvalue weighted by atomic mass is 9.68. The third-order valence-corrected chi connectivity index (χ3v) is 17.9. The first-order chi connectivity index (χ1) is 39.7. The Hall–Kier alpha value is -10.0. The summed E-state index contributed by atoms with van der Waals surface area (Å²) in [5.41, 5.74) is 27.5. The van der Waals surface area contributed by atoms with Crippen LogP contribution in [-0.4, -0.2) is 9.13 Å². The maximum absolute atomic E-state index is 2.53. The van der Waals surface area contributed by atoms with Crippen LogP contribution >= 0.6 is 0 Å². The van der Waals surface area contributed by atoms with Crippen molar-refractivity contribution >= 4 is 56.1 Å². The Morgan fingerprint density at radius 3 is 1.54 bits per heavy atom. The number of hydrogen-bond donors (Lipinski definition) is 0. The van der Waals surface area contributed by atoms with E-state index in [1.807, 2.05) is 0 Å². The number of aromatic nitrogens is 2. The molecule has 2 nitrogen and oxygen atoms in total. The average molecular weight is 1020 g/mol. The molecule has 17 rings (SSSR count). The predicted molar refractivity (Wildman–Crippen MR) is 337 cm³/mol. The molecule has 2 heterocycles. The van der Waals surface area contributed by atoms with Gasteiger partial charge in [-0.25, -0.2) is 0 Å². The average Bonchev–Trinajstić information content (AvgIpc) is 4.31. The molecule has 0 aliphatic heterocycles. The summed E-state index contributed by atoms with van der Waals surface area (Å²) in [5, 5.41) is 7.54. The van der Waals surface area contributed by atoms with E-state index in [2.05, 4.69) is 288 Å². The quantitative estimate of drug-likeness (QED) is 0.134. The monoisotopic (exact) mass is 1020 g/mol. The Labute approximate surface area is 465 Å². The maximum Gasteiger partial charge on any atom is 0.0535 e. The van der Waals surface area contributed by atoms with E-state index in [-0.39, 0.29) is 5.92 Å². The molecular weight excluding hydrogens is 965 g/mol. The topological polar surface area (TPSA) is 9.86 Å². The smallest absolute Gasteiger partial charge is 0.0535 e. The van der Waals surface area contributed by atoms with E-state index < -0.39 is 0 Å². The molecule has 0 bridgehead atoms. The lowest BCUT2D eigenvalue weighted by Crippen LogP contribution is -2.21. The molecule has 0 spiro atoms. The van der Waals surface area contributed by atoms with Crippen LogP contribution in [0.5, 0.6) is 0 Å². The van der Waals surface area contributed by atoms with Crippen molar-refractivity contribution in [1.82, 2.24) is 9.13 Å². The van der Waals surface area contributed by atoms with Crippen LogP contribution in [0.25, 0.3) is 135 Å². The SMILES string of the molecule is C1=CC2C=Cc3c(-c4cc(-n5c(-c6ccccc6)ccc5-c5ccccc5)cc5cc6c(-c7ccc8c9c%10c(ccc79)C=CCC%10=CC8)cc(-n7c(-c8ccccc8)ccc7-c7ccccc7)cc6cc45)ccc4c3C2C(=C1)C=C4. The van der Waals surface area contributed by atoms with Crippen LogP contribution in [0, 0.1) is 5.92 Å². The Morgan fingerprint density at radius 1 is 0.400 bits per heavy atom. The molecule has 2 heteroatoms. The molecule has 12 aromatic rings. The van der Waals surface area contributed by atoms with E-state index in [1.165, 1.54) is 121 Å². The summed E-state index contributed by atoms with van der Waals surface area (Å²) in [6, 6.07) is 82.2. The van der Waals surface area contributed by atoms with Crippen molar-refractivity contribution < 1.29 is 0 Å². The molecule has 5 aliphatic rings. The van der Waals surface area contributed by atoms with Crippen LogP contribution in [0.2, 0.25) is 0 Å². The van der Waals surface area contributed by atoms with Crippen LogP contribution in [-0.2, 0) is 6.42 Å². The number of hydrogen-bond acceptors (Lipinski definition) is 0. The molecule has 80 heavy (non-hydrogen) atoms. The molecule has 5 aliphatic carbocycles. The second-order valence-corrected chi connectivity index (χ2v) is 22.2. The zero-order valence-electron chi connectivity index (χ0n) is 44.0. The third-order valence-electron chi connectivity index (χ3n) is 17.9. The van der Waals surface area contributed by atoms with Crippen molar-refractivity contribution in [2.75, 3.05) is 0 Å². The fourth-order valence-electron chi connectivity index (χ4n) is 14.3. The summed E-state index contributed by atoms with van der Waals surface area (Å²) >= 11 is 0. The van der Waals surface area contributed by atoms with Gasteiger partial charge < -0.3 is 9.13 Å². The van der Waals surface area contributed by atoms with Crippen LogP contribution in [0.3, 0.4) is 0 Å². The van der Waals surface area contributed by atoms with Crippen LogP contribution in [0.1, 0.15) is 45.7 Å². The second kappa shape index (κ2) is 17.8. The number of benzene rings is 10. The van der Waals surface area contributed by atoms with Gasteiger partial charge in [-0.15, -0.1) is 0 Å². The fourth-order valence-corrected chi connectivity index (χ4v) is 14.3. The largest absolute Gasteiger partial charge is 0.309 e. The molecule has 0 radical (unpaired) electrons. The predicted octanol–water partition coefficient (Wildman–Crippen LogP) is 20.3. The van der Waals surface area contributed by atoms with Gasteiger partial charge in [0.2, 0.25) is 0 Å². The van der Waals surface area contributed by atoms with Crippen molar-refractivity contribution in [3.63, 3.8) is 0 Å². The number of allylic oxidation sites excluding steroid dienone is 9. The molecule has 10 aromatic carbocycles. The summed E-state index contributed by atoms with van der Waals surface area (Å²) in [6.45, 7) is 0. The minimum Gasteiger partial charge on any atom is -0.309 e. The van der Waals surface area contributed by atoms with Gasteiger partial charge in [0.25, 0.3) is 0 Å². The Morgan fingerprint density at radius 2 is 0.950 bits per heavy atom. The standard InChI is InChI=1S/C78H52N2/c1-5-15-49(16-6-1)71-39-40-72(50-17-7-2-8-18-50)79(71)61-43-59-45-68-60(46-67(59)69(47-61)63-35-31-57-29-27-53-23-13-25-55-33-37-65(63)77(57)75(53)55)44-62(80-73(51-19-9-3-10-20-51)41-42-74(80)52-21-11-4-12-22-52)48-70(68)64-36-32-58-30-28-54-24-14-26-56-34-38-66(64)78(58)76(54)56/h1-23,25-29,31-48,55,75H,24,30H2. The maximum atomic E-state index is 2.53. The highest BCUT2D eigenvalue weighted by molar-refractivity contribution is 6.16. The minimum absolute atomic E-state index is 0.285. The third kappa shape index (κ3) is 6.92. The van der Waals surface area contributed by atoms with E-state index in [1.54, 1.807) is 0 Å². The molecule has 0 fully saturated rings. The molecule has 2 aromatic heterocycles. The highest BCUT2D eigenvalue weighted by atomic mass is 15.0. The molecular formula is C78H52N2. The summed E-state index contributed by atoms with van der Waals surface area (Å²) < 4.78 is 5.01. The van der Waals surface area contributed by atoms with Crippen molar-refractivity contribution in [3.8, 4) is 78.7 Å².